The van der Waals surface area contributed by atoms with Gasteiger partial charge in [-0.05, 0) is 0 Å². The normalized spacial score (nSPS) is 13.4. The molecule has 0 aromatic carbocycles. The molecule has 0 unspecified atom stereocenters. The second-order valence-corrected chi connectivity index (χ2v) is 2.62. The fraction of sp³-hybridized carbons (Fsp3) is 1.00. The van der Waals surface area contributed by atoms with Crippen LogP contribution < -0.4 is 0 Å². The summed E-state index contributed by atoms with van der Waals surface area (Å²) < 4.78 is 119. The van der Waals surface area contributed by atoms with Crippen LogP contribution in [-0.2, 0) is 0 Å². The Bertz CT molecular complexity index is 181. The zero-order valence-electron chi connectivity index (χ0n) is 7.65. The van der Waals surface area contributed by atoms with Crippen molar-refractivity contribution in [2.24, 2.45) is 0 Å². The molecule has 0 atom stereocenters. The molecule has 0 saturated carbocycles. The summed E-state index contributed by atoms with van der Waals surface area (Å²) in [5.74, 6) is 0. The summed E-state index contributed by atoms with van der Waals surface area (Å²) in [7, 11) is 0. The molecule has 0 fully saturated rings. The van der Waals surface area contributed by atoms with Gasteiger partial charge >= 0.3 is 18.5 Å². The topological polar surface area (TPSA) is 0 Å². The third-order valence-electron chi connectivity index (χ3n) is 0.787. The molecule has 0 rings (SSSR count). The molecule has 0 aliphatic carbocycles. The first-order chi connectivity index (χ1) is 7.12. The first-order valence-corrected chi connectivity index (χ1v) is 3.61. The summed E-state index contributed by atoms with van der Waals surface area (Å²) in [5, 5.41) is 0. The lowest BCUT2D eigenvalue weighted by Gasteiger charge is -2.08. The minimum absolute atomic E-state index is 2.01. The van der Waals surface area contributed by atoms with Crippen LogP contribution in [0.2, 0.25) is 0 Å². The van der Waals surface area contributed by atoms with E-state index in [0.717, 1.165) is 0 Å². The molecule has 0 amide bonds. The lowest BCUT2D eigenvalue weighted by molar-refractivity contribution is -0.232. The van der Waals surface area contributed by atoms with E-state index in [1.807, 2.05) is 0 Å². The van der Waals surface area contributed by atoms with E-state index in [4.69, 9.17) is 0 Å². The van der Waals surface area contributed by atoms with Crippen LogP contribution >= 0.6 is 0 Å². The molecule has 0 aliphatic heterocycles. The molecule has 0 nitrogen and oxygen atoms in total. The minimum Gasteiger partial charge on any atom is -0.210 e. The van der Waals surface area contributed by atoms with Gasteiger partial charge < -0.3 is 0 Å². The van der Waals surface area contributed by atoms with E-state index in [1.165, 1.54) is 0 Å². The highest BCUT2D eigenvalue weighted by Gasteiger charge is 2.43. The lowest BCUT2D eigenvalue weighted by atomic mass is 10.4. The Morgan fingerprint density at radius 2 is 0.882 bits per heavy atom. The molecule has 0 heterocycles. The van der Waals surface area contributed by atoms with Crippen LogP contribution in [0.1, 0.15) is 12.8 Å². The molecule has 17 heavy (non-hydrogen) atoms. The molecule has 0 aliphatic rings. The Hall–Kier alpha value is -0.770. The van der Waals surface area contributed by atoms with E-state index in [9.17, 15) is 48.3 Å². The second kappa shape index (κ2) is 6.24. The molecule has 0 radical (unpaired) electrons. The van der Waals surface area contributed by atoms with Gasteiger partial charge in [0.25, 0.3) is 0 Å². The summed E-state index contributed by atoms with van der Waals surface area (Å²) >= 11 is 0. The first-order valence-electron chi connectivity index (χ1n) is 3.61. The minimum atomic E-state index is -5.14. The SMILES string of the molecule is FC(F)(F)CC(F)(F)F.FC(F)CC(F)(F)F. The molecular weight excluding hydrogens is 281 g/mol. The molecule has 0 saturated heterocycles. The zero-order valence-corrected chi connectivity index (χ0v) is 7.65. The quantitative estimate of drug-likeness (QED) is 0.613. The molecule has 11 heteroatoms. The standard InChI is InChI=1S/C3H2F6.C3H3F5/c4-2(5,6)1-3(7,8)9;4-2(5)1-3(6,7)8/h1H2;2H,1H2. The van der Waals surface area contributed by atoms with Gasteiger partial charge in [0.2, 0.25) is 6.43 Å². The molecular formula is C6H5F11. The fourth-order valence-electron chi connectivity index (χ4n) is 0.402. The monoisotopic (exact) mass is 286 g/mol. The van der Waals surface area contributed by atoms with Crippen molar-refractivity contribution in [1.82, 2.24) is 0 Å². The van der Waals surface area contributed by atoms with Crippen LogP contribution in [0.25, 0.3) is 0 Å². The van der Waals surface area contributed by atoms with E-state index in [0.29, 0.717) is 0 Å². The van der Waals surface area contributed by atoms with Crippen molar-refractivity contribution in [3.63, 3.8) is 0 Å². The van der Waals surface area contributed by atoms with Crippen molar-refractivity contribution in [3.05, 3.63) is 0 Å². The molecule has 0 aromatic heterocycles. The Morgan fingerprint density at radius 1 is 0.588 bits per heavy atom. The Labute approximate surface area is 87.4 Å². The van der Waals surface area contributed by atoms with Crippen LogP contribution in [0, 0.1) is 0 Å². The van der Waals surface area contributed by atoms with Gasteiger partial charge in [-0.25, -0.2) is 8.78 Å². The van der Waals surface area contributed by atoms with Crippen LogP contribution in [0.5, 0.6) is 0 Å². The smallest absolute Gasteiger partial charge is 0.210 e. The van der Waals surface area contributed by atoms with Crippen molar-refractivity contribution in [1.29, 1.82) is 0 Å². The third kappa shape index (κ3) is 25.5. The zero-order chi connectivity index (χ0) is 14.5. The van der Waals surface area contributed by atoms with E-state index in [2.05, 4.69) is 0 Å². The highest BCUT2D eigenvalue weighted by molar-refractivity contribution is 4.57. The van der Waals surface area contributed by atoms with Crippen LogP contribution in [0.15, 0.2) is 0 Å². The summed E-state index contributed by atoms with van der Waals surface area (Å²) in [6.07, 6.45) is -23.0. The van der Waals surface area contributed by atoms with E-state index < -0.39 is 37.8 Å². The number of hydrogen-bond acceptors (Lipinski definition) is 0. The summed E-state index contributed by atoms with van der Waals surface area (Å²) in [4.78, 5) is 0. The number of hydrogen-bond donors (Lipinski definition) is 0. The van der Waals surface area contributed by atoms with Gasteiger partial charge in [-0.2, -0.15) is 39.5 Å². The van der Waals surface area contributed by atoms with Gasteiger partial charge in [0, 0.05) is 0 Å². The van der Waals surface area contributed by atoms with Gasteiger partial charge in [0.05, 0.1) is 0 Å². The molecule has 0 spiro atoms. The van der Waals surface area contributed by atoms with E-state index in [-0.39, 0.29) is 0 Å². The van der Waals surface area contributed by atoms with Crippen molar-refractivity contribution < 1.29 is 48.3 Å². The Balaban J connectivity index is 0. The predicted molar refractivity (Wildman–Crippen MR) is 33.4 cm³/mol. The second-order valence-electron chi connectivity index (χ2n) is 2.62. The average Bonchev–Trinajstić information content (AvgIpc) is 1.68. The Morgan fingerprint density at radius 3 is 0.882 bits per heavy atom. The molecule has 106 valence electrons. The maximum absolute atomic E-state index is 10.8. The lowest BCUT2D eigenvalue weighted by Crippen LogP contribution is -2.20. The van der Waals surface area contributed by atoms with Crippen LogP contribution in [0.4, 0.5) is 48.3 Å². The van der Waals surface area contributed by atoms with Crippen molar-refractivity contribution in [2.45, 2.75) is 37.8 Å². The molecule has 0 aromatic rings. The van der Waals surface area contributed by atoms with E-state index in [1.54, 1.807) is 0 Å². The van der Waals surface area contributed by atoms with Crippen molar-refractivity contribution in [3.8, 4) is 0 Å². The molecule has 0 N–H and O–H groups in total. The summed E-state index contributed by atoms with van der Waals surface area (Å²) in [6.45, 7) is 0. The van der Waals surface area contributed by atoms with Crippen LogP contribution in [0.3, 0.4) is 0 Å². The number of alkyl halides is 11. The highest BCUT2D eigenvalue weighted by atomic mass is 19.4. The maximum Gasteiger partial charge on any atom is 0.397 e. The van der Waals surface area contributed by atoms with Crippen LogP contribution in [-0.4, -0.2) is 25.0 Å². The summed E-state index contributed by atoms with van der Waals surface area (Å²) in [5.41, 5.74) is 0. The van der Waals surface area contributed by atoms with Gasteiger partial charge in [-0.3, -0.25) is 0 Å². The fourth-order valence-corrected chi connectivity index (χ4v) is 0.402. The molecule has 0 bridgehead atoms. The van der Waals surface area contributed by atoms with Crippen molar-refractivity contribution in [2.75, 3.05) is 0 Å². The van der Waals surface area contributed by atoms with Gasteiger partial charge in [-0.15, -0.1) is 0 Å². The van der Waals surface area contributed by atoms with Gasteiger partial charge in [0.1, 0.15) is 12.8 Å². The maximum atomic E-state index is 10.8. The number of halogens is 11. The highest BCUT2D eigenvalue weighted by Crippen LogP contribution is 2.31. The van der Waals surface area contributed by atoms with Gasteiger partial charge in [-0.1, -0.05) is 0 Å². The van der Waals surface area contributed by atoms with Gasteiger partial charge in [0.15, 0.2) is 0 Å². The predicted octanol–water partition coefficient (Wildman–Crippen LogP) is 4.71. The first kappa shape index (κ1) is 18.6. The largest absolute Gasteiger partial charge is 0.397 e. The van der Waals surface area contributed by atoms with Crippen molar-refractivity contribution >= 4 is 0 Å². The van der Waals surface area contributed by atoms with E-state index >= 15 is 0 Å². The Kier molecular flexibility index (Phi) is 6.82. The summed E-state index contributed by atoms with van der Waals surface area (Å²) in [6, 6.07) is 0. The number of rotatable bonds is 1. The third-order valence-corrected chi connectivity index (χ3v) is 0.787. The average molecular weight is 286 g/mol.